The largest absolute Gasteiger partial charge is 0.497 e. The summed E-state index contributed by atoms with van der Waals surface area (Å²) in [6, 6.07) is 6.45. The molecule has 0 amide bonds. The average molecular weight is 377 g/mol. The lowest BCUT2D eigenvalue weighted by Gasteiger charge is -2.14. The van der Waals surface area contributed by atoms with Crippen molar-refractivity contribution in [3.63, 3.8) is 0 Å². The molecule has 0 aliphatic rings. The van der Waals surface area contributed by atoms with Crippen molar-refractivity contribution in [2.75, 3.05) is 21.2 Å². The van der Waals surface area contributed by atoms with Gasteiger partial charge in [-0.15, -0.1) is 0 Å². The molecule has 0 spiro atoms. The summed E-state index contributed by atoms with van der Waals surface area (Å²) in [4.78, 5) is 23.8. The zero-order valence-corrected chi connectivity index (χ0v) is 15.0. The van der Waals surface area contributed by atoms with Crippen LogP contribution in [-0.2, 0) is 10.0 Å². The van der Waals surface area contributed by atoms with Crippen molar-refractivity contribution >= 4 is 37.9 Å². The third kappa shape index (κ3) is 2.71. The number of carboxylic acid groups (broad SMARTS) is 1. The van der Waals surface area contributed by atoms with E-state index in [2.05, 4.69) is 0 Å². The molecule has 0 unspecified atom stereocenters. The van der Waals surface area contributed by atoms with Gasteiger partial charge >= 0.3 is 5.97 Å². The van der Waals surface area contributed by atoms with E-state index in [0.717, 1.165) is 4.31 Å². The number of benzene rings is 2. The number of nitrogens with zero attached hydrogens (tertiary/aromatic N) is 1. The second kappa shape index (κ2) is 6.11. The number of methoxy groups -OCH3 is 1. The summed E-state index contributed by atoms with van der Waals surface area (Å²) in [5.74, 6) is -1.02. The predicted molar refractivity (Wildman–Crippen MR) is 94.4 cm³/mol. The van der Waals surface area contributed by atoms with Gasteiger partial charge in [0.05, 0.1) is 23.4 Å². The number of rotatable bonds is 4. The van der Waals surface area contributed by atoms with Gasteiger partial charge in [0.2, 0.25) is 15.5 Å². The van der Waals surface area contributed by atoms with Gasteiger partial charge in [-0.25, -0.2) is 17.5 Å². The molecule has 0 aliphatic heterocycles. The van der Waals surface area contributed by atoms with Gasteiger partial charge in [0.15, 0.2) is 5.58 Å². The Kier molecular flexibility index (Phi) is 4.21. The van der Waals surface area contributed by atoms with Gasteiger partial charge in [0.1, 0.15) is 16.2 Å². The van der Waals surface area contributed by atoms with Crippen molar-refractivity contribution in [1.29, 1.82) is 0 Å². The molecule has 136 valence electrons. The van der Waals surface area contributed by atoms with Gasteiger partial charge < -0.3 is 14.3 Å². The Morgan fingerprint density at radius 1 is 1.15 bits per heavy atom. The van der Waals surface area contributed by atoms with Crippen LogP contribution in [0.5, 0.6) is 5.75 Å². The summed E-state index contributed by atoms with van der Waals surface area (Å²) in [5, 5.41) is 9.13. The molecule has 0 aliphatic carbocycles. The summed E-state index contributed by atoms with van der Waals surface area (Å²) >= 11 is 0. The molecule has 0 atom stereocenters. The van der Waals surface area contributed by atoms with Crippen molar-refractivity contribution in [2.24, 2.45) is 0 Å². The van der Waals surface area contributed by atoms with Crippen LogP contribution >= 0.6 is 0 Å². The molecule has 3 aromatic rings. The van der Waals surface area contributed by atoms with Gasteiger partial charge in [0.25, 0.3) is 0 Å². The minimum atomic E-state index is -3.92. The summed E-state index contributed by atoms with van der Waals surface area (Å²) < 4.78 is 37.1. The highest BCUT2D eigenvalue weighted by molar-refractivity contribution is 7.89. The lowest BCUT2D eigenvalue weighted by molar-refractivity contribution is 0.0697. The predicted octanol–water partition coefficient (Wildman–Crippen LogP) is 1.90. The van der Waals surface area contributed by atoms with Crippen molar-refractivity contribution in [1.82, 2.24) is 4.31 Å². The normalized spacial score (nSPS) is 12.0. The van der Waals surface area contributed by atoms with Gasteiger partial charge in [-0.1, -0.05) is 0 Å². The van der Waals surface area contributed by atoms with E-state index in [0.29, 0.717) is 0 Å². The number of ether oxygens (including phenoxy) is 1. The van der Waals surface area contributed by atoms with Crippen LogP contribution in [0.2, 0.25) is 0 Å². The second-order valence-corrected chi connectivity index (χ2v) is 7.86. The first-order chi connectivity index (χ1) is 12.2. The van der Waals surface area contributed by atoms with Gasteiger partial charge in [0, 0.05) is 20.2 Å². The fourth-order valence-corrected chi connectivity index (χ4v) is 3.59. The zero-order valence-electron chi connectivity index (χ0n) is 14.1. The highest BCUT2D eigenvalue weighted by Gasteiger charge is 2.25. The SMILES string of the molecule is COc1cc(S(=O)(=O)N(C)C)c2oc3ccc(C(=O)O)cc3c(=O)c2c1. The Balaban J connectivity index is 2.52. The first-order valence-corrected chi connectivity index (χ1v) is 8.85. The van der Waals surface area contributed by atoms with Crippen LogP contribution in [0, 0.1) is 0 Å². The third-order valence-corrected chi connectivity index (χ3v) is 5.77. The maximum Gasteiger partial charge on any atom is 0.335 e. The Labute approximate surface area is 148 Å². The monoisotopic (exact) mass is 377 g/mol. The number of carboxylic acids is 1. The van der Waals surface area contributed by atoms with E-state index in [-0.39, 0.29) is 38.1 Å². The fraction of sp³-hybridized carbons (Fsp3) is 0.176. The van der Waals surface area contributed by atoms with Crippen LogP contribution in [0.15, 0.2) is 44.4 Å². The molecule has 1 heterocycles. The number of fused-ring (bicyclic) bond motifs is 2. The molecular weight excluding hydrogens is 362 g/mol. The Morgan fingerprint density at radius 3 is 2.42 bits per heavy atom. The van der Waals surface area contributed by atoms with E-state index in [1.54, 1.807) is 0 Å². The van der Waals surface area contributed by atoms with Gasteiger partial charge in [-0.3, -0.25) is 4.79 Å². The van der Waals surface area contributed by atoms with Crippen LogP contribution < -0.4 is 10.2 Å². The quantitative estimate of drug-likeness (QED) is 0.691. The molecule has 0 saturated carbocycles. The fourth-order valence-electron chi connectivity index (χ4n) is 2.54. The number of aromatic carboxylic acids is 1. The Morgan fingerprint density at radius 2 is 1.85 bits per heavy atom. The first-order valence-electron chi connectivity index (χ1n) is 7.41. The topological polar surface area (TPSA) is 114 Å². The molecule has 9 heteroatoms. The van der Waals surface area contributed by atoms with E-state index < -0.39 is 21.4 Å². The summed E-state index contributed by atoms with van der Waals surface area (Å²) in [6.07, 6.45) is 0. The molecule has 26 heavy (non-hydrogen) atoms. The van der Waals surface area contributed by atoms with Crippen LogP contribution in [0.25, 0.3) is 21.9 Å². The van der Waals surface area contributed by atoms with Gasteiger partial charge in [-0.05, 0) is 24.3 Å². The standard InChI is InChI=1S/C17H15NO7S/c1-18(2)26(22,23)14-8-10(24-3)7-12-15(19)11-6-9(17(20)21)4-5-13(11)25-16(12)14/h4-8H,1-3H3,(H,20,21). The molecule has 8 nitrogen and oxygen atoms in total. The number of hydrogen-bond donors (Lipinski definition) is 1. The maximum atomic E-state index is 12.9. The molecule has 1 aromatic heterocycles. The number of hydrogen-bond acceptors (Lipinski definition) is 6. The van der Waals surface area contributed by atoms with E-state index >= 15 is 0 Å². The highest BCUT2D eigenvalue weighted by atomic mass is 32.2. The zero-order chi connectivity index (χ0) is 19.2. The lowest BCUT2D eigenvalue weighted by Crippen LogP contribution is -2.23. The molecule has 0 radical (unpaired) electrons. The summed E-state index contributed by atoms with van der Waals surface area (Å²) in [6.45, 7) is 0. The van der Waals surface area contributed by atoms with E-state index in [9.17, 15) is 18.0 Å². The van der Waals surface area contributed by atoms with Crippen molar-refractivity contribution in [2.45, 2.75) is 4.90 Å². The smallest absolute Gasteiger partial charge is 0.335 e. The summed E-state index contributed by atoms with van der Waals surface area (Å²) in [7, 11) is 0.149. The number of sulfonamides is 1. The molecule has 2 aromatic carbocycles. The van der Waals surface area contributed by atoms with Crippen LogP contribution in [0.4, 0.5) is 0 Å². The average Bonchev–Trinajstić information content (AvgIpc) is 2.60. The maximum absolute atomic E-state index is 12.9. The van der Waals surface area contributed by atoms with E-state index in [4.69, 9.17) is 14.3 Å². The van der Waals surface area contributed by atoms with Crippen molar-refractivity contribution in [3.05, 3.63) is 46.1 Å². The van der Waals surface area contributed by atoms with Crippen molar-refractivity contribution < 1.29 is 27.5 Å². The van der Waals surface area contributed by atoms with Gasteiger partial charge in [-0.2, -0.15) is 0 Å². The van der Waals surface area contributed by atoms with Crippen LogP contribution in [-0.4, -0.2) is 45.0 Å². The third-order valence-electron chi connectivity index (χ3n) is 3.95. The molecule has 1 N–H and O–H groups in total. The van der Waals surface area contributed by atoms with Crippen LogP contribution in [0.1, 0.15) is 10.4 Å². The molecule has 0 saturated heterocycles. The Hall–Kier alpha value is -2.91. The van der Waals surface area contributed by atoms with Crippen molar-refractivity contribution in [3.8, 4) is 5.75 Å². The highest BCUT2D eigenvalue weighted by Crippen LogP contribution is 2.31. The Bertz CT molecular complexity index is 1210. The summed E-state index contributed by atoms with van der Waals surface area (Å²) in [5.41, 5.74) is -0.639. The molecular formula is C17H15NO7S. The minimum absolute atomic E-state index is 0.0141. The first kappa shape index (κ1) is 17.9. The number of carbonyl (C=O) groups is 1. The van der Waals surface area contributed by atoms with E-state index in [1.807, 2.05) is 0 Å². The second-order valence-electron chi connectivity index (χ2n) is 5.74. The lowest BCUT2D eigenvalue weighted by atomic mass is 10.1. The molecule has 0 fully saturated rings. The van der Waals surface area contributed by atoms with E-state index in [1.165, 1.54) is 51.5 Å². The molecule has 0 bridgehead atoms. The molecule has 3 rings (SSSR count). The minimum Gasteiger partial charge on any atom is -0.497 e. The van der Waals surface area contributed by atoms with Crippen LogP contribution in [0.3, 0.4) is 0 Å².